The topological polar surface area (TPSA) is 39.7 Å². The van der Waals surface area contributed by atoms with Gasteiger partial charge in [0.15, 0.2) is 5.96 Å². The van der Waals surface area contributed by atoms with E-state index in [2.05, 4.69) is 64.7 Å². The van der Waals surface area contributed by atoms with Gasteiger partial charge in [0.25, 0.3) is 0 Å². The van der Waals surface area contributed by atoms with Crippen molar-refractivity contribution in [3.8, 4) is 0 Å². The van der Waals surface area contributed by atoms with E-state index in [-0.39, 0.29) is 0 Å². The molecule has 1 aromatic rings. The first-order valence-electron chi connectivity index (χ1n) is 9.95. The Morgan fingerprint density at radius 1 is 1.20 bits per heavy atom. The van der Waals surface area contributed by atoms with E-state index < -0.39 is 0 Å². The highest BCUT2D eigenvalue weighted by molar-refractivity contribution is 5.79. The SMILES string of the molecule is CCC(CC)CNC(=NC)NCC1CCN(CCc2ccccc2)C1. The van der Waals surface area contributed by atoms with Gasteiger partial charge in [0.05, 0.1) is 0 Å². The Balaban J connectivity index is 1.64. The Bertz CT molecular complexity index is 496. The number of rotatable bonds is 9. The Kier molecular flexibility index (Phi) is 8.81. The average molecular weight is 345 g/mol. The van der Waals surface area contributed by atoms with Crippen molar-refractivity contribution in [3.05, 3.63) is 35.9 Å². The predicted octanol–water partition coefficient (Wildman–Crippen LogP) is 3.15. The molecule has 0 radical (unpaired) electrons. The summed E-state index contributed by atoms with van der Waals surface area (Å²) in [4.78, 5) is 6.96. The lowest BCUT2D eigenvalue weighted by Crippen LogP contribution is -2.42. The molecule has 0 bridgehead atoms. The molecule has 2 N–H and O–H groups in total. The number of nitrogens with zero attached hydrogens (tertiary/aromatic N) is 2. The number of guanidine groups is 1. The van der Waals surface area contributed by atoms with Gasteiger partial charge < -0.3 is 15.5 Å². The van der Waals surface area contributed by atoms with Crippen LogP contribution in [-0.4, -0.2) is 50.6 Å². The van der Waals surface area contributed by atoms with Crippen LogP contribution in [0.2, 0.25) is 0 Å². The summed E-state index contributed by atoms with van der Waals surface area (Å²) in [6.45, 7) is 10.1. The van der Waals surface area contributed by atoms with Gasteiger partial charge in [-0.3, -0.25) is 4.99 Å². The average Bonchev–Trinajstić information content (AvgIpc) is 3.12. The van der Waals surface area contributed by atoms with Crippen LogP contribution in [-0.2, 0) is 6.42 Å². The van der Waals surface area contributed by atoms with Crippen molar-refractivity contribution in [2.75, 3.05) is 39.8 Å². The third-order valence-electron chi connectivity index (χ3n) is 5.42. The van der Waals surface area contributed by atoms with Crippen LogP contribution >= 0.6 is 0 Å². The number of nitrogens with one attached hydrogen (secondary N) is 2. The molecule has 1 aliphatic rings. The van der Waals surface area contributed by atoms with Crippen LogP contribution in [0.1, 0.15) is 38.7 Å². The summed E-state index contributed by atoms with van der Waals surface area (Å²) in [5, 5.41) is 7.00. The summed E-state index contributed by atoms with van der Waals surface area (Å²) in [5.41, 5.74) is 1.44. The van der Waals surface area contributed by atoms with Gasteiger partial charge in [-0.15, -0.1) is 0 Å². The Morgan fingerprint density at radius 2 is 1.96 bits per heavy atom. The lowest BCUT2D eigenvalue weighted by atomic mass is 10.0. The lowest BCUT2D eigenvalue weighted by Gasteiger charge is -2.19. The predicted molar refractivity (Wildman–Crippen MR) is 108 cm³/mol. The quantitative estimate of drug-likeness (QED) is 0.534. The molecule has 1 atom stereocenters. The van der Waals surface area contributed by atoms with Crippen LogP contribution in [0.3, 0.4) is 0 Å². The zero-order valence-electron chi connectivity index (χ0n) is 16.3. The normalized spacial score (nSPS) is 18.7. The van der Waals surface area contributed by atoms with Gasteiger partial charge in [-0.1, -0.05) is 57.0 Å². The van der Waals surface area contributed by atoms with Crippen molar-refractivity contribution >= 4 is 5.96 Å². The van der Waals surface area contributed by atoms with Crippen LogP contribution in [0.5, 0.6) is 0 Å². The van der Waals surface area contributed by atoms with Crippen molar-refractivity contribution in [3.63, 3.8) is 0 Å². The molecule has 1 fully saturated rings. The first-order chi connectivity index (χ1) is 12.2. The number of likely N-dealkylation sites (tertiary alicyclic amines) is 1. The van der Waals surface area contributed by atoms with Crippen molar-refractivity contribution in [2.24, 2.45) is 16.8 Å². The summed E-state index contributed by atoms with van der Waals surface area (Å²) in [6.07, 6.45) is 4.88. The molecular formula is C21H36N4. The molecule has 0 amide bonds. The van der Waals surface area contributed by atoms with E-state index in [4.69, 9.17) is 0 Å². The monoisotopic (exact) mass is 344 g/mol. The van der Waals surface area contributed by atoms with Crippen molar-refractivity contribution < 1.29 is 0 Å². The third kappa shape index (κ3) is 7.07. The van der Waals surface area contributed by atoms with Crippen LogP contribution in [0.15, 0.2) is 35.3 Å². The smallest absolute Gasteiger partial charge is 0.190 e. The van der Waals surface area contributed by atoms with Crippen LogP contribution in [0.4, 0.5) is 0 Å². The van der Waals surface area contributed by atoms with Crippen LogP contribution in [0, 0.1) is 11.8 Å². The first kappa shape index (κ1) is 19.8. The van der Waals surface area contributed by atoms with E-state index in [0.717, 1.165) is 37.3 Å². The molecule has 2 rings (SSSR count). The molecule has 1 saturated heterocycles. The molecule has 4 heteroatoms. The number of hydrogen-bond acceptors (Lipinski definition) is 2. The fourth-order valence-corrected chi connectivity index (χ4v) is 3.49. The molecule has 1 aliphatic heterocycles. The number of benzene rings is 1. The molecule has 25 heavy (non-hydrogen) atoms. The molecule has 1 unspecified atom stereocenters. The molecule has 1 heterocycles. The second-order valence-electron chi connectivity index (χ2n) is 7.21. The van der Waals surface area contributed by atoms with E-state index in [1.807, 2.05) is 7.05 Å². The summed E-state index contributed by atoms with van der Waals surface area (Å²) < 4.78 is 0. The largest absolute Gasteiger partial charge is 0.356 e. The standard InChI is InChI=1S/C21H36N4/c1-4-18(5-2)15-23-21(22-3)24-16-20-12-14-25(17-20)13-11-19-9-7-6-8-10-19/h6-10,18,20H,4-5,11-17H2,1-3H3,(H2,22,23,24). The van der Waals surface area contributed by atoms with E-state index >= 15 is 0 Å². The van der Waals surface area contributed by atoms with Gasteiger partial charge in [0.1, 0.15) is 0 Å². The molecule has 0 aliphatic carbocycles. The molecular weight excluding hydrogens is 308 g/mol. The molecule has 140 valence electrons. The fourth-order valence-electron chi connectivity index (χ4n) is 3.49. The van der Waals surface area contributed by atoms with Gasteiger partial charge >= 0.3 is 0 Å². The van der Waals surface area contributed by atoms with Crippen LogP contribution < -0.4 is 10.6 Å². The zero-order valence-corrected chi connectivity index (χ0v) is 16.3. The second kappa shape index (κ2) is 11.1. The van der Waals surface area contributed by atoms with E-state index in [0.29, 0.717) is 0 Å². The molecule has 0 spiro atoms. The summed E-state index contributed by atoms with van der Waals surface area (Å²) in [7, 11) is 1.86. The molecule has 1 aromatic carbocycles. The Morgan fingerprint density at radius 3 is 2.64 bits per heavy atom. The van der Waals surface area contributed by atoms with E-state index in [9.17, 15) is 0 Å². The highest BCUT2D eigenvalue weighted by atomic mass is 15.2. The summed E-state index contributed by atoms with van der Waals surface area (Å²) in [5.74, 6) is 2.41. The van der Waals surface area contributed by atoms with Crippen molar-refractivity contribution in [1.82, 2.24) is 15.5 Å². The highest BCUT2D eigenvalue weighted by Crippen LogP contribution is 2.16. The molecule has 0 saturated carbocycles. The zero-order chi connectivity index (χ0) is 17.9. The second-order valence-corrected chi connectivity index (χ2v) is 7.21. The highest BCUT2D eigenvalue weighted by Gasteiger charge is 2.22. The van der Waals surface area contributed by atoms with Crippen molar-refractivity contribution in [1.29, 1.82) is 0 Å². The van der Waals surface area contributed by atoms with Gasteiger partial charge in [0, 0.05) is 33.2 Å². The fraction of sp³-hybridized carbons (Fsp3) is 0.667. The minimum Gasteiger partial charge on any atom is -0.356 e. The maximum absolute atomic E-state index is 4.37. The Labute approximate surface area is 154 Å². The van der Waals surface area contributed by atoms with Crippen LogP contribution in [0.25, 0.3) is 0 Å². The van der Waals surface area contributed by atoms with Gasteiger partial charge in [-0.25, -0.2) is 0 Å². The van der Waals surface area contributed by atoms with E-state index in [1.54, 1.807) is 0 Å². The summed E-state index contributed by atoms with van der Waals surface area (Å²) >= 11 is 0. The number of hydrogen-bond donors (Lipinski definition) is 2. The molecule has 4 nitrogen and oxygen atoms in total. The third-order valence-corrected chi connectivity index (χ3v) is 5.42. The van der Waals surface area contributed by atoms with Gasteiger partial charge in [-0.05, 0) is 36.8 Å². The molecule has 0 aromatic heterocycles. The minimum atomic E-state index is 0.725. The maximum Gasteiger partial charge on any atom is 0.190 e. The van der Waals surface area contributed by atoms with Crippen molar-refractivity contribution in [2.45, 2.75) is 39.5 Å². The van der Waals surface area contributed by atoms with Gasteiger partial charge in [0.2, 0.25) is 0 Å². The minimum absolute atomic E-state index is 0.725. The maximum atomic E-state index is 4.37. The lowest BCUT2D eigenvalue weighted by molar-refractivity contribution is 0.328. The van der Waals surface area contributed by atoms with E-state index in [1.165, 1.54) is 44.5 Å². The number of aliphatic imine (C=N–C) groups is 1. The Hall–Kier alpha value is -1.55. The van der Waals surface area contributed by atoms with Gasteiger partial charge in [-0.2, -0.15) is 0 Å². The first-order valence-corrected chi connectivity index (χ1v) is 9.95. The summed E-state index contributed by atoms with van der Waals surface area (Å²) in [6, 6.07) is 10.8.